The Morgan fingerprint density at radius 2 is 2.11 bits per heavy atom. The highest BCUT2D eigenvalue weighted by atomic mass is 16.5. The molecular weight excluding hydrogens is 242 g/mol. The zero-order valence-corrected chi connectivity index (χ0v) is 11.5. The Labute approximate surface area is 112 Å². The van der Waals surface area contributed by atoms with E-state index in [1.807, 2.05) is 6.07 Å². The topological polar surface area (TPSA) is 67.9 Å². The highest BCUT2D eigenvalue weighted by Crippen LogP contribution is 2.37. The van der Waals surface area contributed by atoms with Gasteiger partial charge in [0.15, 0.2) is 0 Å². The maximum Gasteiger partial charge on any atom is 0.309 e. The number of aromatic amines is 1. The van der Waals surface area contributed by atoms with Crippen LogP contribution in [0.5, 0.6) is 5.88 Å². The maximum atomic E-state index is 11.2. The first-order valence-electron chi connectivity index (χ1n) is 6.06. The number of imidazole rings is 1. The largest absolute Gasteiger partial charge is 0.407 e. The Morgan fingerprint density at radius 1 is 1.37 bits per heavy atom. The van der Waals surface area contributed by atoms with Crippen molar-refractivity contribution in [2.24, 2.45) is 0 Å². The van der Waals surface area contributed by atoms with E-state index in [0.29, 0.717) is 5.88 Å². The molecule has 19 heavy (non-hydrogen) atoms. The third-order valence-electron chi connectivity index (χ3n) is 2.73. The molecule has 0 bridgehead atoms. The molecular formula is C14H17N3O2. The number of nitrogens with zero attached hydrogens (tertiary/aromatic N) is 2. The summed E-state index contributed by atoms with van der Waals surface area (Å²) < 4.78 is 5.21. The van der Waals surface area contributed by atoms with Crippen molar-refractivity contribution in [1.82, 2.24) is 15.0 Å². The summed E-state index contributed by atoms with van der Waals surface area (Å²) in [6.07, 6.45) is 4.93. The van der Waals surface area contributed by atoms with Crippen LogP contribution in [0.15, 0.2) is 24.8 Å². The van der Waals surface area contributed by atoms with Gasteiger partial charge in [-0.25, -0.2) is 9.97 Å². The van der Waals surface area contributed by atoms with Crippen molar-refractivity contribution in [3.8, 4) is 17.1 Å². The van der Waals surface area contributed by atoms with Gasteiger partial charge in [0.05, 0.1) is 23.8 Å². The molecule has 0 unspecified atom stereocenters. The summed E-state index contributed by atoms with van der Waals surface area (Å²) in [5, 5.41) is 0. The van der Waals surface area contributed by atoms with E-state index in [1.54, 1.807) is 18.7 Å². The Bertz CT molecular complexity index is 583. The molecule has 0 atom stereocenters. The lowest BCUT2D eigenvalue weighted by Gasteiger charge is -2.23. The van der Waals surface area contributed by atoms with Crippen LogP contribution in [0.2, 0.25) is 0 Å². The standard InChI is InChI=1S/C14H17N3O2/c1-9(18)19-13-12(11-7-15-8-17-11)10(5-6-16-13)14(2,3)4/h5-8H,1-4H3,(H,15,17). The molecule has 0 saturated heterocycles. The molecule has 5 heteroatoms. The second kappa shape index (κ2) is 4.84. The van der Waals surface area contributed by atoms with Gasteiger partial charge >= 0.3 is 5.97 Å². The minimum absolute atomic E-state index is 0.0989. The SMILES string of the molecule is CC(=O)Oc1nccc(C(C)(C)C)c1-c1cnc[nH]1. The van der Waals surface area contributed by atoms with E-state index in [4.69, 9.17) is 4.74 Å². The Kier molecular flexibility index (Phi) is 3.38. The number of aromatic nitrogens is 3. The average Bonchev–Trinajstić information content (AvgIpc) is 2.80. The third kappa shape index (κ3) is 2.81. The van der Waals surface area contributed by atoms with Crippen molar-refractivity contribution in [2.75, 3.05) is 0 Å². The summed E-state index contributed by atoms with van der Waals surface area (Å²) >= 11 is 0. The minimum atomic E-state index is -0.390. The van der Waals surface area contributed by atoms with E-state index in [0.717, 1.165) is 16.8 Å². The molecule has 5 nitrogen and oxygen atoms in total. The number of esters is 1. The predicted molar refractivity (Wildman–Crippen MR) is 71.8 cm³/mol. The zero-order valence-electron chi connectivity index (χ0n) is 11.5. The normalized spacial score (nSPS) is 11.4. The molecule has 2 aromatic rings. The van der Waals surface area contributed by atoms with E-state index in [9.17, 15) is 4.79 Å². The van der Waals surface area contributed by atoms with E-state index in [1.165, 1.54) is 6.92 Å². The second-order valence-corrected chi connectivity index (χ2v) is 5.35. The van der Waals surface area contributed by atoms with Gasteiger partial charge < -0.3 is 9.72 Å². The summed E-state index contributed by atoms with van der Waals surface area (Å²) in [7, 11) is 0. The number of hydrogen-bond acceptors (Lipinski definition) is 4. The highest BCUT2D eigenvalue weighted by Gasteiger charge is 2.24. The molecule has 0 aliphatic heterocycles. The van der Waals surface area contributed by atoms with Crippen LogP contribution in [-0.2, 0) is 10.2 Å². The van der Waals surface area contributed by atoms with Crippen molar-refractivity contribution in [3.63, 3.8) is 0 Å². The summed E-state index contributed by atoms with van der Waals surface area (Å²) in [6, 6.07) is 1.93. The van der Waals surface area contributed by atoms with Crippen molar-refractivity contribution < 1.29 is 9.53 Å². The quantitative estimate of drug-likeness (QED) is 0.842. The molecule has 2 rings (SSSR count). The number of nitrogens with one attached hydrogen (secondary N) is 1. The first-order valence-corrected chi connectivity index (χ1v) is 6.06. The Balaban J connectivity index is 2.66. The molecule has 0 aliphatic rings. The molecule has 1 N–H and O–H groups in total. The molecule has 0 saturated carbocycles. The van der Waals surface area contributed by atoms with Crippen LogP contribution in [0.25, 0.3) is 11.3 Å². The van der Waals surface area contributed by atoms with Crippen LogP contribution < -0.4 is 4.74 Å². The molecule has 0 amide bonds. The molecule has 100 valence electrons. The van der Waals surface area contributed by atoms with Crippen LogP contribution in [-0.4, -0.2) is 20.9 Å². The van der Waals surface area contributed by atoms with Gasteiger partial charge in [-0.15, -0.1) is 0 Å². The monoisotopic (exact) mass is 259 g/mol. The third-order valence-corrected chi connectivity index (χ3v) is 2.73. The molecule has 0 spiro atoms. The van der Waals surface area contributed by atoms with Gasteiger partial charge in [-0.05, 0) is 17.0 Å². The van der Waals surface area contributed by atoms with Crippen molar-refractivity contribution in [1.29, 1.82) is 0 Å². The number of carbonyl (C=O) groups excluding carboxylic acids is 1. The van der Waals surface area contributed by atoms with Crippen LogP contribution in [0.3, 0.4) is 0 Å². The fourth-order valence-electron chi connectivity index (χ4n) is 1.93. The van der Waals surface area contributed by atoms with Crippen molar-refractivity contribution in [3.05, 3.63) is 30.4 Å². The fraction of sp³-hybridized carbons (Fsp3) is 0.357. The van der Waals surface area contributed by atoms with Crippen molar-refractivity contribution >= 4 is 5.97 Å². The fourth-order valence-corrected chi connectivity index (χ4v) is 1.93. The predicted octanol–water partition coefficient (Wildman–Crippen LogP) is 2.69. The van der Waals surface area contributed by atoms with Crippen LogP contribution in [0.4, 0.5) is 0 Å². The van der Waals surface area contributed by atoms with Gasteiger partial charge in [-0.1, -0.05) is 20.8 Å². The van der Waals surface area contributed by atoms with Crippen molar-refractivity contribution in [2.45, 2.75) is 33.1 Å². The first-order chi connectivity index (χ1) is 8.89. The number of rotatable bonds is 2. The lowest BCUT2D eigenvalue weighted by atomic mass is 9.84. The Morgan fingerprint density at radius 3 is 2.63 bits per heavy atom. The number of H-pyrrole nitrogens is 1. The molecule has 0 fully saturated rings. The van der Waals surface area contributed by atoms with Gasteiger partial charge in [0, 0.05) is 13.1 Å². The van der Waals surface area contributed by atoms with Crippen LogP contribution in [0, 0.1) is 0 Å². The molecule has 2 aromatic heterocycles. The average molecular weight is 259 g/mol. The first kappa shape index (κ1) is 13.3. The molecule has 0 aliphatic carbocycles. The van der Waals surface area contributed by atoms with Gasteiger partial charge in [0.25, 0.3) is 0 Å². The zero-order chi connectivity index (χ0) is 14.0. The smallest absolute Gasteiger partial charge is 0.309 e. The summed E-state index contributed by atoms with van der Waals surface area (Å²) in [6.45, 7) is 7.65. The highest BCUT2D eigenvalue weighted by molar-refractivity contribution is 5.76. The van der Waals surface area contributed by atoms with Crippen LogP contribution >= 0.6 is 0 Å². The van der Waals surface area contributed by atoms with Crippen LogP contribution in [0.1, 0.15) is 33.3 Å². The summed E-state index contributed by atoms with van der Waals surface area (Å²) in [4.78, 5) is 22.4. The minimum Gasteiger partial charge on any atom is -0.407 e. The summed E-state index contributed by atoms with van der Waals surface area (Å²) in [5.41, 5.74) is 2.51. The maximum absolute atomic E-state index is 11.2. The number of ether oxygens (including phenoxy) is 1. The summed E-state index contributed by atoms with van der Waals surface area (Å²) in [5.74, 6) is -0.0801. The van der Waals surface area contributed by atoms with E-state index in [2.05, 4.69) is 35.7 Å². The van der Waals surface area contributed by atoms with Gasteiger partial charge in [-0.2, -0.15) is 0 Å². The van der Waals surface area contributed by atoms with E-state index < -0.39 is 0 Å². The van der Waals surface area contributed by atoms with Gasteiger partial charge in [0.1, 0.15) is 0 Å². The lowest BCUT2D eigenvalue weighted by Crippen LogP contribution is -2.15. The lowest BCUT2D eigenvalue weighted by molar-refractivity contribution is -0.132. The molecule has 0 aromatic carbocycles. The second-order valence-electron chi connectivity index (χ2n) is 5.35. The van der Waals surface area contributed by atoms with E-state index >= 15 is 0 Å². The molecule has 0 radical (unpaired) electrons. The number of pyridine rings is 1. The molecule has 2 heterocycles. The van der Waals surface area contributed by atoms with E-state index in [-0.39, 0.29) is 11.4 Å². The van der Waals surface area contributed by atoms with Gasteiger partial charge in [0.2, 0.25) is 5.88 Å². The number of carbonyl (C=O) groups is 1. The van der Waals surface area contributed by atoms with Gasteiger partial charge in [-0.3, -0.25) is 4.79 Å². The number of hydrogen-bond donors (Lipinski definition) is 1. The Hall–Kier alpha value is -2.17.